The molecule has 0 heterocycles. The van der Waals surface area contributed by atoms with Gasteiger partial charge in [0, 0.05) is 0 Å². The standard InChI is InChI=1S/C8H8O6S/c1-5-2-3-6(8(9)10)7(4-5)14-15(11,12)13/h2-4H,1H3,(H,9,10)(H,11,12,13). The summed E-state index contributed by atoms with van der Waals surface area (Å²) < 4.78 is 33.4. The van der Waals surface area contributed by atoms with Gasteiger partial charge in [0.05, 0.1) is 0 Å². The maximum atomic E-state index is 10.7. The van der Waals surface area contributed by atoms with Gasteiger partial charge in [0.2, 0.25) is 0 Å². The van der Waals surface area contributed by atoms with Crippen molar-refractivity contribution in [1.29, 1.82) is 0 Å². The maximum absolute atomic E-state index is 10.7. The van der Waals surface area contributed by atoms with E-state index in [1.54, 1.807) is 6.92 Å². The van der Waals surface area contributed by atoms with Crippen molar-refractivity contribution in [2.24, 2.45) is 0 Å². The van der Waals surface area contributed by atoms with Crippen LogP contribution < -0.4 is 4.18 Å². The lowest BCUT2D eigenvalue weighted by Gasteiger charge is -2.05. The van der Waals surface area contributed by atoms with Crippen LogP contribution in [0.2, 0.25) is 0 Å². The molecule has 0 unspecified atom stereocenters. The summed E-state index contributed by atoms with van der Waals surface area (Å²) in [4.78, 5) is 10.7. The first-order valence-corrected chi connectivity index (χ1v) is 5.17. The van der Waals surface area contributed by atoms with Gasteiger partial charge < -0.3 is 9.29 Å². The SMILES string of the molecule is Cc1ccc(C(=O)O)c(OS(=O)(=O)O)c1. The molecule has 0 fully saturated rings. The van der Waals surface area contributed by atoms with Crippen LogP contribution in [0.15, 0.2) is 18.2 Å². The van der Waals surface area contributed by atoms with Crippen molar-refractivity contribution in [3.05, 3.63) is 29.3 Å². The molecule has 1 rings (SSSR count). The Bertz CT molecular complexity index is 490. The number of rotatable bonds is 3. The van der Waals surface area contributed by atoms with Crippen LogP contribution in [0, 0.1) is 6.92 Å². The Morgan fingerprint density at radius 3 is 2.47 bits per heavy atom. The van der Waals surface area contributed by atoms with Gasteiger partial charge in [0.15, 0.2) is 5.75 Å². The van der Waals surface area contributed by atoms with Crippen molar-refractivity contribution in [1.82, 2.24) is 0 Å². The van der Waals surface area contributed by atoms with E-state index in [1.165, 1.54) is 18.2 Å². The number of carbonyl (C=O) groups is 1. The van der Waals surface area contributed by atoms with E-state index in [2.05, 4.69) is 4.18 Å². The first-order valence-electron chi connectivity index (χ1n) is 3.80. The smallest absolute Gasteiger partial charge is 0.446 e. The summed E-state index contributed by atoms with van der Waals surface area (Å²) in [5.41, 5.74) is 0.275. The molecule has 0 bridgehead atoms. The number of carboxylic acid groups (broad SMARTS) is 1. The molecule has 0 saturated carbocycles. The zero-order valence-corrected chi connectivity index (χ0v) is 8.48. The van der Waals surface area contributed by atoms with Crippen LogP contribution in [0.1, 0.15) is 15.9 Å². The molecule has 0 amide bonds. The average Bonchev–Trinajstić information content (AvgIpc) is 1.99. The van der Waals surface area contributed by atoms with Crippen LogP contribution in [0.4, 0.5) is 0 Å². The van der Waals surface area contributed by atoms with E-state index in [0.717, 1.165) is 0 Å². The quantitative estimate of drug-likeness (QED) is 0.750. The summed E-state index contributed by atoms with van der Waals surface area (Å²) in [6, 6.07) is 3.88. The molecule has 15 heavy (non-hydrogen) atoms. The van der Waals surface area contributed by atoms with Crippen molar-refractivity contribution in [3.63, 3.8) is 0 Å². The molecular formula is C8H8O6S. The zero-order valence-electron chi connectivity index (χ0n) is 7.67. The Morgan fingerprint density at radius 2 is 2.00 bits per heavy atom. The lowest BCUT2D eigenvalue weighted by atomic mass is 10.1. The summed E-state index contributed by atoms with van der Waals surface area (Å²) >= 11 is 0. The molecular weight excluding hydrogens is 224 g/mol. The minimum absolute atomic E-state index is 0.335. The average molecular weight is 232 g/mol. The molecule has 0 aliphatic carbocycles. The second-order valence-corrected chi connectivity index (χ2v) is 3.84. The second kappa shape index (κ2) is 3.87. The van der Waals surface area contributed by atoms with Gasteiger partial charge in [0.25, 0.3) is 0 Å². The van der Waals surface area contributed by atoms with Crippen molar-refractivity contribution >= 4 is 16.4 Å². The van der Waals surface area contributed by atoms with Gasteiger partial charge >= 0.3 is 16.4 Å². The summed E-state index contributed by atoms with van der Waals surface area (Å²) in [7, 11) is -4.71. The normalized spacial score (nSPS) is 11.1. The van der Waals surface area contributed by atoms with Gasteiger partial charge in [-0.25, -0.2) is 4.79 Å². The number of hydrogen-bond donors (Lipinski definition) is 2. The predicted octanol–water partition coefficient (Wildman–Crippen LogP) is 0.875. The van der Waals surface area contributed by atoms with Crippen LogP contribution in [0.5, 0.6) is 5.75 Å². The van der Waals surface area contributed by atoms with Crippen LogP contribution in [0.3, 0.4) is 0 Å². The molecule has 0 aliphatic heterocycles. The highest BCUT2D eigenvalue weighted by Gasteiger charge is 2.16. The number of benzene rings is 1. The van der Waals surface area contributed by atoms with Gasteiger partial charge in [-0.2, -0.15) is 8.42 Å². The molecule has 1 aromatic rings. The first-order chi connectivity index (χ1) is 6.79. The molecule has 7 heteroatoms. The first kappa shape index (κ1) is 11.5. The van der Waals surface area contributed by atoms with Crippen LogP contribution in [-0.4, -0.2) is 24.0 Å². The Hall–Kier alpha value is -1.60. The third-order valence-electron chi connectivity index (χ3n) is 1.56. The minimum atomic E-state index is -4.71. The van der Waals surface area contributed by atoms with Gasteiger partial charge in [-0.15, -0.1) is 0 Å². The summed E-state index contributed by atoms with van der Waals surface area (Å²) in [6.07, 6.45) is 0. The third kappa shape index (κ3) is 3.22. The number of aromatic carboxylic acids is 1. The molecule has 0 aromatic heterocycles. The van der Waals surface area contributed by atoms with Crippen molar-refractivity contribution in [2.45, 2.75) is 6.92 Å². The maximum Gasteiger partial charge on any atom is 0.446 e. The molecule has 0 radical (unpaired) electrons. The van der Waals surface area contributed by atoms with E-state index >= 15 is 0 Å². The third-order valence-corrected chi connectivity index (χ3v) is 1.95. The lowest BCUT2D eigenvalue weighted by molar-refractivity contribution is 0.0695. The molecule has 82 valence electrons. The van der Waals surface area contributed by atoms with Crippen molar-refractivity contribution in [2.75, 3.05) is 0 Å². The molecule has 0 aliphatic rings. The van der Waals surface area contributed by atoms with Gasteiger partial charge in [-0.1, -0.05) is 6.07 Å². The van der Waals surface area contributed by atoms with E-state index in [9.17, 15) is 13.2 Å². The van der Waals surface area contributed by atoms with Crippen LogP contribution in [-0.2, 0) is 10.4 Å². The second-order valence-electron chi connectivity index (χ2n) is 2.82. The predicted molar refractivity (Wildman–Crippen MR) is 50.3 cm³/mol. The summed E-state index contributed by atoms with van der Waals surface area (Å²) in [5, 5.41) is 8.70. The van der Waals surface area contributed by atoms with Crippen molar-refractivity contribution in [3.8, 4) is 5.75 Å². The Labute approximate surface area is 86.1 Å². The lowest BCUT2D eigenvalue weighted by Crippen LogP contribution is -2.10. The fraction of sp³-hybridized carbons (Fsp3) is 0.125. The topological polar surface area (TPSA) is 101 Å². The summed E-state index contributed by atoms with van der Waals surface area (Å²) in [5.74, 6) is -1.75. The Morgan fingerprint density at radius 1 is 1.40 bits per heavy atom. The number of hydrogen-bond acceptors (Lipinski definition) is 4. The minimum Gasteiger partial charge on any atom is -0.478 e. The molecule has 6 nitrogen and oxygen atoms in total. The van der Waals surface area contributed by atoms with E-state index in [-0.39, 0.29) is 5.56 Å². The largest absolute Gasteiger partial charge is 0.478 e. The zero-order chi connectivity index (χ0) is 11.6. The molecule has 1 aromatic carbocycles. The van der Waals surface area contributed by atoms with Crippen molar-refractivity contribution < 1.29 is 27.1 Å². The van der Waals surface area contributed by atoms with Gasteiger partial charge in [0.1, 0.15) is 5.56 Å². The Balaban J connectivity index is 3.25. The molecule has 0 atom stereocenters. The van der Waals surface area contributed by atoms with Crippen LogP contribution >= 0.6 is 0 Å². The highest BCUT2D eigenvalue weighted by molar-refractivity contribution is 7.81. The van der Waals surface area contributed by atoms with Gasteiger partial charge in [-0.05, 0) is 24.6 Å². The van der Waals surface area contributed by atoms with E-state index < -0.39 is 22.1 Å². The fourth-order valence-electron chi connectivity index (χ4n) is 0.989. The van der Waals surface area contributed by atoms with E-state index in [4.69, 9.17) is 9.66 Å². The molecule has 2 N–H and O–H groups in total. The molecule has 0 spiro atoms. The molecule has 0 saturated heterocycles. The van der Waals surface area contributed by atoms with E-state index in [0.29, 0.717) is 5.56 Å². The highest BCUT2D eigenvalue weighted by Crippen LogP contribution is 2.21. The van der Waals surface area contributed by atoms with E-state index in [1.807, 2.05) is 0 Å². The monoisotopic (exact) mass is 232 g/mol. The van der Waals surface area contributed by atoms with Gasteiger partial charge in [-0.3, -0.25) is 4.55 Å². The fourth-order valence-corrected chi connectivity index (χ4v) is 1.35. The number of aryl methyl sites for hydroxylation is 1. The Kier molecular flexibility index (Phi) is 2.96. The van der Waals surface area contributed by atoms with Crippen LogP contribution in [0.25, 0.3) is 0 Å². The highest BCUT2D eigenvalue weighted by atomic mass is 32.3. The number of carboxylic acids is 1. The summed E-state index contributed by atoms with van der Waals surface area (Å²) in [6.45, 7) is 1.63.